The van der Waals surface area contributed by atoms with Gasteiger partial charge in [-0.15, -0.1) is 0 Å². The van der Waals surface area contributed by atoms with Gasteiger partial charge in [0.1, 0.15) is 18.4 Å². The number of urea groups is 1. The second-order valence-corrected chi connectivity index (χ2v) is 5.52. The summed E-state index contributed by atoms with van der Waals surface area (Å²) in [5, 5.41) is 4.74. The number of likely N-dealkylation sites (N-methyl/N-ethyl adjacent to an activating group) is 1. The highest BCUT2D eigenvalue weighted by atomic mass is 16.5. The van der Waals surface area contributed by atoms with Gasteiger partial charge in [0.2, 0.25) is 5.91 Å². The zero-order valence-corrected chi connectivity index (χ0v) is 14.4. The number of imide groups is 1. The minimum atomic E-state index is -0.585. The van der Waals surface area contributed by atoms with Crippen LogP contribution >= 0.6 is 0 Å². The zero-order chi connectivity index (χ0) is 18.1. The van der Waals surface area contributed by atoms with Crippen molar-refractivity contribution < 1.29 is 14.3 Å². The Hall–Kier alpha value is -2.86. The van der Waals surface area contributed by atoms with Crippen LogP contribution < -0.4 is 15.4 Å². The Kier molecular flexibility index (Phi) is 6.98. The summed E-state index contributed by atoms with van der Waals surface area (Å²) in [4.78, 5) is 25.9. The van der Waals surface area contributed by atoms with Gasteiger partial charge in [0.25, 0.3) is 0 Å². The van der Waals surface area contributed by atoms with Gasteiger partial charge < -0.3 is 10.1 Å². The topological polar surface area (TPSA) is 70.7 Å². The van der Waals surface area contributed by atoms with Crippen LogP contribution in [0.15, 0.2) is 60.7 Å². The molecule has 6 heteroatoms. The molecule has 0 aromatic heterocycles. The van der Waals surface area contributed by atoms with Crippen LogP contribution in [-0.4, -0.2) is 44.1 Å². The van der Waals surface area contributed by atoms with Gasteiger partial charge in [0.05, 0.1) is 0 Å². The maximum atomic E-state index is 12.5. The SMILES string of the molecule is CNC(=O)NC(=O)[C@@H](c1ccccc1)N(C)CCOc1ccccc1. The number of rotatable bonds is 7. The molecule has 0 fully saturated rings. The number of benzene rings is 2. The highest BCUT2D eigenvalue weighted by Gasteiger charge is 2.26. The van der Waals surface area contributed by atoms with Gasteiger partial charge >= 0.3 is 6.03 Å². The standard InChI is InChI=1S/C19H23N3O3/c1-20-19(24)21-18(23)17(15-9-5-3-6-10-15)22(2)13-14-25-16-11-7-4-8-12-16/h3-12,17H,13-14H2,1-2H3,(H2,20,21,23,24)/t17-/m1/s1. The van der Waals surface area contributed by atoms with Gasteiger partial charge in [-0.25, -0.2) is 4.79 Å². The molecular formula is C19H23N3O3. The predicted molar refractivity (Wildman–Crippen MR) is 96.3 cm³/mol. The van der Waals surface area contributed by atoms with Crippen LogP contribution in [0, 0.1) is 0 Å². The molecule has 0 aliphatic carbocycles. The number of para-hydroxylation sites is 1. The summed E-state index contributed by atoms with van der Waals surface area (Å²) in [7, 11) is 3.30. The third-order valence-electron chi connectivity index (χ3n) is 3.72. The largest absolute Gasteiger partial charge is 0.492 e. The number of hydrogen-bond donors (Lipinski definition) is 2. The molecule has 1 atom stereocenters. The first-order valence-electron chi connectivity index (χ1n) is 8.07. The lowest BCUT2D eigenvalue weighted by Gasteiger charge is -2.27. The molecule has 0 aliphatic rings. The zero-order valence-electron chi connectivity index (χ0n) is 14.4. The highest BCUT2D eigenvalue weighted by molar-refractivity contribution is 5.97. The molecule has 0 unspecified atom stereocenters. The molecule has 2 N–H and O–H groups in total. The molecular weight excluding hydrogens is 318 g/mol. The normalized spacial score (nSPS) is 11.6. The van der Waals surface area contributed by atoms with E-state index in [0.29, 0.717) is 13.2 Å². The van der Waals surface area contributed by atoms with Crippen LogP contribution in [0.4, 0.5) is 4.79 Å². The molecule has 25 heavy (non-hydrogen) atoms. The van der Waals surface area contributed by atoms with E-state index < -0.39 is 12.1 Å². The fourth-order valence-corrected chi connectivity index (χ4v) is 2.44. The molecule has 2 rings (SSSR count). The third-order valence-corrected chi connectivity index (χ3v) is 3.72. The second-order valence-electron chi connectivity index (χ2n) is 5.52. The summed E-state index contributed by atoms with van der Waals surface area (Å²) in [5.74, 6) is 0.398. The van der Waals surface area contributed by atoms with Gasteiger partial charge in [-0.3, -0.25) is 15.0 Å². The van der Waals surface area contributed by atoms with Crippen molar-refractivity contribution in [2.45, 2.75) is 6.04 Å². The first-order chi connectivity index (χ1) is 12.1. The summed E-state index contributed by atoms with van der Waals surface area (Å²) in [6, 6.07) is 17.7. The summed E-state index contributed by atoms with van der Waals surface area (Å²) in [6.45, 7) is 0.951. The minimum absolute atomic E-state index is 0.382. The molecule has 2 aromatic rings. The Balaban J connectivity index is 2.03. The van der Waals surface area contributed by atoms with E-state index in [1.54, 1.807) is 0 Å². The van der Waals surface area contributed by atoms with Crippen molar-refractivity contribution in [2.24, 2.45) is 0 Å². The summed E-state index contributed by atoms with van der Waals surface area (Å²) >= 11 is 0. The van der Waals surface area contributed by atoms with Crippen LogP contribution in [0.1, 0.15) is 11.6 Å². The van der Waals surface area contributed by atoms with Crippen LogP contribution in [0.2, 0.25) is 0 Å². The van der Waals surface area contributed by atoms with Gasteiger partial charge in [-0.05, 0) is 24.7 Å². The van der Waals surface area contributed by atoms with E-state index in [4.69, 9.17) is 4.74 Å². The predicted octanol–water partition coefficient (Wildman–Crippen LogP) is 2.19. The fraction of sp³-hybridized carbons (Fsp3) is 0.263. The molecule has 0 saturated heterocycles. The number of ether oxygens (including phenoxy) is 1. The first kappa shape index (κ1) is 18.5. The van der Waals surface area contributed by atoms with Gasteiger partial charge in [-0.1, -0.05) is 48.5 Å². The van der Waals surface area contributed by atoms with Crippen LogP contribution in [0.3, 0.4) is 0 Å². The van der Waals surface area contributed by atoms with E-state index in [1.807, 2.05) is 72.6 Å². The second kappa shape index (κ2) is 9.44. The smallest absolute Gasteiger partial charge is 0.321 e. The number of amides is 3. The van der Waals surface area contributed by atoms with Crippen molar-refractivity contribution in [3.05, 3.63) is 66.2 Å². The van der Waals surface area contributed by atoms with Gasteiger partial charge in [-0.2, -0.15) is 0 Å². The van der Waals surface area contributed by atoms with Crippen LogP contribution in [0.5, 0.6) is 5.75 Å². The van der Waals surface area contributed by atoms with Crippen LogP contribution in [-0.2, 0) is 4.79 Å². The third kappa shape index (κ3) is 5.61. The molecule has 0 radical (unpaired) electrons. The van der Waals surface area contributed by atoms with Crippen molar-refractivity contribution >= 4 is 11.9 Å². The molecule has 132 valence electrons. The number of nitrogens with one attached hydrogen (secondary N) is 2. The van der Waals surface area contributed by atoms with E-state index in [2.05, 4.69) is 10.6 Å². The van der Waals surface area contributed by atoms with E-state index in [9.17, 15) is 9.59 Å². The first-order valence-corrected chi connectivity index (χ1v) is 8.07. The maximum Gasteiger partial charge on any atom is 0.321 e. The van der Waals surface area contributed by atoms with Crippen molar-refractivity contribution in [1.82, 2.24) is 15.5 Å². The average molecular weight is 341 g/mol. The lowest BCUT2D eigenvalue weighted by Crippen LogP contribution is -2.45. The lowest BCUT2D eigenvalue weighted by atomic mass is 10.0. The van der Waals surface area contributed by atoms with E-state index in [0.717, 1.165) is 11.3 Å². The molecule has 6 nitrogen and oxygen atoms in total. The Bertz CT molecular complexity index is 677. The Labute approximate surface area is 147 Å². The summed E-state index contributed by atoms with van der Waals surface area (Å²) in [5.41, 5.74) is 0.811. The molecule has 0 aliphatic heterocycles. The quantitative estimate of drug-likeness (QED) is 0.810. The number of carbonyl (C=O) groups is 2. The number of hydrogen-bond acceptors (Lipinski definition) is 4. The van der Waals surface area contributed by atoms with Crippen molar-refractivity contribution in [3.8, 4) is 5.75 Å². The maximum absolute atomic E-state index is 12.5. The average Bonchev–Trinajstić information content (AvgIpc) is 2.63. The lowest BCUT2D eigenvalue weighted by molar-refractivity contribution is -0.125. The van der Waals surface area contributed by atoms with E-state index in [-0.39, 0.29) is 5.91 Å². The Morgan fingerprint density at radius 3 is 2.24 bits per heavy atom. The van der Waals surface area contributed by atoms with Crippen molar-refractivity contribution in [2.75, 3.05) is 27.2 Å². The molecule has 0 spiro atoms. The highest BCUT2D eigenvalue weighted by Crippen LogP contribution is 2.19. The molecule has 0 heterocycles. The molecule has 2 aromatic carbocycles. The Morgan fingerprint density at radius 2 is 1.64 bits per heavy atom. The van der Waals surface area contributed by atoms with E-state index in [1.165, 1.54) is 7.05 Å². The summed E-state index contributed by atoms with van der Waals surface area (Å²) in [6.07, 6.45) is 0. The van der Waals surface area contributed by atoms with Crippen LogP contribution in [0.25, 0.3) is 0 Å². The minimum Gasteiger partial charge on any atom is -0.492 e. The van der Waals surface area contributed by atoms with E-state index >= 15 is 0 Å². The molecule has 0 saturated carbocycles. The molecule has 3 amide bonds. The number of carbonyl (C=O) groups excluding carboxylic acids is 2. The fourth-order valence-electron chi connectivity index (χ4n) is 2.44. The molecule has 0 bridgehead atoms. The Morgan fingerprint density at radius 1 is 1.04 bits per heavy atom. The number of nitrogens with zero attached hydrogens (tertiary/aromatic N) is 1. The monoisotopic (exact) mass is 341 g/mol. The van der Waals surface area contributed by atoms with Crippen molar-refractivity contribution in [3.63, 3.8) is 0 Å². The summed E-state index contributed by atoms with van der Waals surface area (Å²) < 4.78 is 5.69. The van der Waals surface area contributed by atoms with Gasteiger partial charge in [0, 0.05) is 13.6 Å². The van der Waals surface area contributed by atoms with Crippen molar-refractivity contribution in [1.29, 1.82) is 0 Å². The van der Waals surface area contributed by atoms with Gasteiger partial charge in [0.15, 0.2) is 0 Å².